The largest absolute Gasteiger partial charge is 0.462 e. The summed E-state index contributed by atoms with van der Waals surface area (Å²) >= 11 is 0. The van der Waals surface area contributed by atoms with Crippen molar-refractivity contribution in [3.8, 4) is 0 Å². The van der Waals surface area contributed by atoms with Gasteiger partial charge < -0.3 is 4.74 Å². The molecular formula is C8H10NO3+. The lowest BCUT2D eigenvalue weighted by Gasteiger charge is -2.03. The molecule has 0 amide bonds. The molecule has 0 bridgehead atoms. The molecule has 0 saturated carbocycles. The molecule has 0 aromatic carbocycles. The van der Waals surface area contributed by atoms with E-state index in [0.29, 0.717) is 0 Å². The number of hydrogen-bond acceptors (Lipinski definition) is 3. The number of ether oxygens (including phenoxy) is 1. The number of rotatable bonds is 2. The second-order valence-corrected chi connectivity index (χ2v) is 2.22. The fraction of sp³-hybridized carbons (Fsp3) is 0.250. The molecule has 4 heteroatoms. The summed E-state index contributed by atoms with van der Waals surface area (Å²) in [7, 11) is 0. The van der Waals surface area contributed by atoms with Crippen molar-refractivity contribution in [2.24, 2.45) is 0 Å². The van der Waals surface area contributed by atoms with Crippen molar-refractivity contribution in [2.45, 2.75) is 6.92 Å². The van der Waals surface area contributed by atoms with E-state index in [0.717, 1.165) is 0 Å². The Balaban J connectivity index is 2.68. The summed E-state index contributed by atoms with van der Waals surface area (Å²) < 4.78 is 4.67. The van der Waals surface area contributed by atoms with Gasteiger partial charge in [0.1, 0.15) is 12.4 Å². The van der Waals surface area contributed by atoms with Crippen LogP contribution in [0.15, 0.2) is 24.0 Å². The van der Waals surface area contributed by atoms with Gasteiger partial charge >= 0.3 is 5.97 Å². The third-order valence-electron chi connectivity index (χ3n) is 1.38. The van der Waals surface area contributed by atoms with E-state index < -0.39 is 5.97 Å². The van der Waals surface area contributed by atoms with Gasteiger partial charge in [-0.15, -0.1) is 0 Å². The number of nitrogens with two attached hydrogens (primary N) is 1. The molecule has 12 heavy (non-hydrogen) atoms. The van der Waals surface area contributed by atoms with Crippen LogP contribution in [0.1, 0.15) is 6.92 Å². The summed E-state index contributed by atoms with van der Waals surface area (Å²) in [5.41, 5.74) is 0.0966. The van der Waals surface area contributed by atoms with Gasteiger partial charge in [-0.3, -0.25) is 10.1 Å². The van der Waals surface area contributed by atoms with Crippen LogP contribution in [0, 0.1) is 0 Å². The Bertz CT molecular complexity index is 265. The number of ketones is 1. The van der Waals surface area contributed by atoms with Gasteiger partial charge in [0.05, 0.1) is 6.61 Å². The van der Waals surface area contributed by atoms with Crippen molar-refractivity contribution in [2.75, 3.05) is 6.61 Å². The molecule has 0 radical (unpaired) electrons. The SMILES string of the molecule is CCOC(=O)C1=C[NH2+]C=CC1=O. The zero-order valence-electron chi connectivity index (χ0n) is 6.74. The molecule has 0 spiro atoms. The molecule has 0 aromatic heterocycles. The summed E-state index contributed by atoms with van der Waals surface area (Å²) in [6.45, 7) is 1.98. The highest BCUT2D eigenvalue weighted by atomic mass is 16.5. The maximum absolute atomic E-state index is 11.0. The maximum Gasteiger partial charge on any atom is 0.347 e. The molecule has 0 fully saturated rings. The molecule has 0 saturated heterocycles. The van der Waals surface area contributed by atoms with Gasteiger partial charge in [-0.1, -0.05) is 0 Å². The Morgan fingerprint density at radius 2 is 2.42 bits per heavy atom. The Morgan fingerprint density at radius 3 is 3.00 bits per heavy atom. The summed E-state index contributed by atoms with van der Waals surface area (Å²) in [4.78, 5) is 22.1. The fourth-order valence-electron chi connectivity index (χ4n) is 0.844. The number of allylic oxidation sites excluding steroid dienone is 1. The average molecular weight is 168 g/mol. The van der Waals surface area contributed by atoms with Crippen molar-refractivity contribution in [1.82, 2.24) is 0 Å². The summed E-state index contributed by atoms with van der Waals surface area (Å²) in [5.74, 6) is -0.848. The molecule has 2 N–H and O–H groups in total. The van der Waals surface area contributed by atoms with Crippen LogP contribution in [-0.2, 0) is 14.3 Å². The lowest BCUT2D eigenvalue weighted by atomic mass is 10.1. The van der Waals surface area contributed by atoms with E-state index in [1.54, 1.807) is 18.4 Å². The minimum absolute atomic E-state index is 0.0966. The highest BCUT2D eigenvalue weighted by Crippen LogP contribution is 2.00. The minimum Gasteiger partial charge on any atom is -0.462 e. The zero-order valence-corrected chi connectivity index (χ0v) is 6.74. The highest BCUT2D eigenvalue weighted by molar-refractivity contribution is 6.21. The number of esters is 1. The monoisotopic (exact) mass is 168 g/mol. The number of carbonyl (C=O) groups excluding carboxylic acids is 2. The standard InChI is InChI=1S/C8H9NO3/c1-2-12-8(11)6-5-9-4-3-7(6)10/h3-5H,2H2,1H3,(H,9,10)/p+1. The molecule has 1 aliphatic rings. The molecule has 64 valence electrons. The number of quaternary nitrogens is 1. The predicted octanol–water partition coefficient (Wildman–Crippen LogP) is -0.907. The predicted molar refractivity (Wildman–Crippen MR) is 40.8 cm³/mol. The van der Waals surface area contributed by atoms with Gasteiger partial charge in [0.15, 0.2) is 5.57 Å². The van der Waals surface area contributed by atoms with Gasteiger partial charge in [-0.2, -0.15) is 0 Å². The van der Waals surface area contributed by atoms with E-state index in [1.165, 1.54) is 12.3 Å². The van der Waals surface area contributed by atoms with Crippen molar-refractivity contribution >= 4 is 11.8 Å². The van der Waals surface area contributed by atoms with Gasteiger partial charge in [0.25, 0.3) is 0 Å². The van der Waals surface area contributed by atoms with Crippen LogP contribution in [-0.4, -0.2) is 18.4 Å². The van der Waals surface area contributed by atoms with Crippen LogP contribution >= 0.6 is 0 Å². The van der Waals surface area contributed by atoms with Crippen molar-refractivity contribution in [3.05, 3.63) is 24.0 Å². The molecule has 0 atom stereocenters. The van der Waals surface area contributed by atoms with E-state index in [4.69, 9.17) is 0 Å². The number of hydrogen-bond donors (Lipinski definition) is 1. The highest BCUT2D eigenvalue weighted by Gasteiger charge is 2.21. The Morgan fingerprint density at radius 1 is 1.67 bits per heavy atom. The Hall–Kier alpha value is -1.42. The topological polar surface area (TPSA) is 60.0 Å². The van der Waals surface area contributed by atoms with E-state index in [2.05, 4.69) is 4.74 Å². The number of carbonyl (C=O) groups is 2. The Kier molecular flexibility index (Phi) is 2.76. The van der Waals surface area contributed by atoms with E-state index in [1.807, 2.05) is 0 Å². The first kappa shape index (κ1) is 8.67. The van der Waals surface area contributed by atoms with Crippen LogP contribution in [0.5, 0.6) is 0 Å². The average Bonchev–Trinajstić information content (AvgIpc) is 2.05. The first-order chi connectivity index (χ1) is 5.75. The van der Waals surface area contributed by atoms with E-state index >= 15 is 0 Å². The van der Waals surface area contributed by atoms with Crippen LogP contribution in [0.2, 0.25) is 0 Å². The fourth-order valence-corrected chi connectivity index (χ4v) is 0.844. The quantitative estimate of drug-likeness (QED) is 0.429. The Labute approximate surface area is 69.9 Å². The first-order valence-electron chi connectivity index (χ1n) is 3.69. The molecule has 0 aromatic rings. The smallest absolute Gasteiger partial charge is 0.347 e. The van der Waals surface area contributed by atoms with Crippen LogP contribution in [0.4, 0.5) is 0 Å². The molecule has 0 unspecified atom stereocenters. The van der Waals surface area contributed by atoms with Crippen LogP contribution < -0.4 is 5.32 Å². The van der Waals surface area contributed by atoms with Crippen LogP contribution in [0.25, 0.3) is 0 Å². The van der Waals surface area contributed by atoms with Gasteiger partial charge in [0.2, 0.25) is 5.78 Å². The summed E-state index contributed by atoms with van der Waals surface area (Å²) in [6, 6.07) is 0. The second kappa shape index (κ2) is 3.82. The molecule has 1 aliphatic heterocycles. The van der Waals surface area contributed by atoms with Gasteiger partial charge in [-0.05, 0) is 6.92 Å². The van der Waals surface area contributed by atoms with Crippen molar-refractivity contribution in [3.63, 3.8) is 0 Å². The van der Waals surface area contributed by atoms with Crippen LogP contribution in [0.3, 0.4) is 0 Å². The molecule has 0 aliphatic carbocycles. The van der Waals surface area contributed by atoms with Crippen molar-refractivity contribution < 1.29 is 19.6 Å². The minimum atomic E-state index is -0.553. The van der Waals surface area contributed by atoms with E-state index in [-0.39, 0.29) is 18.0 Å². The second-order valence-electron chi connectivity index (χ2n) is 2.22. The zero-order chi connectivity index (χ0) is 8.97. The lowest BCUT2D eigenvalue weighted by Crippen LogP contribution is -2.72. The van der Waals surface area contributed by atoms with Gasteiger partial charge in [-0.25, -0.2) is 4.79 Å². The van der Waals surface area contributed by atoms with E-state index in [9.17, 15) is 9.59 Å². The van der Waals surface area contributed by atoms with Gasteiger partial charge in [0, 0.05) is 6.08 Å². The molecule has 1 heterocycles. The third-order valence-corrected chi connectivity index (χ3v) is 1.38. The third kappa shape index (κ3) is 1.79. The molecule has 1 rings (SSSR count). The summed E-state index contributed by atoms with van der Waals surface area (Å²) in [6.07, 6.45) is 4.39. The summed E-state index contributed by atoms with van der Waals surface area (Å²) in [5, 5.41) is 1.63. The maximum atomic E-state index is 11.0. The molecular weight excluding hydrogens is 158 g/mol. The van der Waals surface area contributed by atoms with Crippen molar-refractivity contribution in [1.29, 1.82) is 0 Å². The molecule has 4 nitrogen and oxygen atoms in total. The first-order valence-corrected chi connectivity index (χ1v) is 3.69. The normalized spacial score (nSPS) is 15.8. The lowest BCUT2D eigenvalue weighted by molar-refractivity contribution is -0.515.